The van der Waals surface area contributed by atoms with Crippen molar-refractivity contribution in [3.8, 4) is 0 Å². The molecule has 0 aliphatic carbocycles. The lowest BCUT2D eigenvalue weighted by atomic mass is 10.0. The van der Waals surface area contributed by atoms with Crippen molar-refractivity contribution in [2.45, 2.75) is 40.3 Å². The van der Waals surface area contributed by atoms with Gasteiger partial charge in [-0.1, -0.05) is 0 Å². The Hall–Kier alpha value is -0.710. The van der Waals surface area contributed by atoms with E-state index in [4.69, 9.17) is 0 Å². The molecule has 1 atom stereocenters. The molecule has 0 fully saturated rings. The van der Waals surface area contributed by atoms with Crippen LogP contribution in [0.2, 0.25) is 0 Å². The van der Waals surface area contributed by atoms with Crippen LogP contribution in [0.1, 0.15) is 40.4 Å². The van der Waals surface area contributed by atoms with Gasteiger partial charge in [-0.3, -0.25) is 4.98 Å². The van der Waals surface area contributed by atoms with Gasteiger partial charge in [-0.25, -0.2) is 0 Å². The molecule has 19 heavy (non-hydrogen) atoms. The molecule has 0 saturated carbocycles. The average molecular weight is 339 g/mol. The lowest BCUT2D eigenvalue weighted by Crippen LogP contribution is -2.20. The van der Waals surface area contributed by atoms with E-state index >= 15 is 0 Å². The van der Waals surface area contributed by atoms with Gasteiger partial charge in [0.1, 0.15) is 0 Å². The minimum Gasteiger partial charge on any atom is -0.305 e. The maximum atomic E-state index is 4.57. The van der Waals surface area contributed by atoms with Gasteiger partial charge in [0, 0.05) is 38.7 Å². The highest BCUT2D eigenvalue weighted by molar-refractivity contribution is 9.10. The van der Waals surface area contributed by atoms with Crippen molar-refractivity contribution >= 4 is 27.3 Å². The highest BCUT2D eigenvalue weighted by Gasteiger charge is 2.13. The molecule has 2 nitrogen and oxygen atoms in total. The van der Waals surface area contributed by atoms with Crippen LogP contribution >= 0.6 is 27.3 Å². The second-order valence-electron chi connectivity index (χ2n) is 4.91. The zero-order valence-electron chi connectivity index (χ0n) is 11.7. The molecule has 0 aromatic carbocycles. The molecule has 0 aliphatic rings. The maximum Gasteiger partial charge on any atom is 0.0426 e. The average Bonchev–Trinajstić information content (AvgIpc) is 2.71. The number of pyridine rings is 1. The quantitative estimate of drug-likeness (QED) is 0.875. The second-order valence-corrected chi connectivity index (χ2v) is 6.82. The SMILES string of the molecule is Cc1cc(C)c(C(C)NCc2cc(Br)cs2)c(C)n1. The summed E-state index contributed by atoms with van der Waals surface area (Å²) >= 11 is 5.26. The zero-order chi connectivity index (χ0) is 14.0. The number of aromatic nitrogens is 1. The van der Waals surface area contributed by atoms with Gasteiger partial charge in [-0.05, 0) is 66.9 Å². The zero-order valence-corrected chi connectivity index (χ0v) is 14.2. The summed E-state index contributed by atoms with van der Waals surface area (Å²) in [4.78, 5) is 5.91. The summed E-state index contributed by atoms with van der Waals surface area (Å²) in [5.74, 6) is 0. The first-order valence-corrected chi connectivity index (χ1v) is 8.05. The van der Waals surface area contributed by atoms with Crippen LogP contribution in [-0.2, 0) is 6.54 Å². The molecule has 0 amide bonds. The highest BCUT2D eigenvalue weighted by atomic mass is 79.9. The third-order valence-corrected chi connectivity index (χ3v) is 4.92. The number of halogens is 1. The molecule has 0 spiro atoms. The molecule has 0 saturated heterocycles. The van der Waals surface area contributed by atoms with Gasteiger partial charge in [0.25, 0.3) is 0 Å². The van der Waals surface area contributed by atoms with E-state index in [1.54, 1.807) is 11.3 Å². The first-order chi connectivity index (χ1) is 8.97. The van der Waals surface area contributed by atoms with E-state index in [0.29, 0.717) is 6.04 Å². The van der Waals surface area contributed by atoms with Crippen molar-refractivity contribution < 1.29 is 0 Å². The normalized spacial score (nSPS) is 12.7. The van der Waals surface area contributed by atoms with E-state index in [9.17, 15) is 0 Å². The van der Waals surface area contributed by atoms with Crippen molar-refractivity contribution in [2.75, 3.05) is 0 Å². The van der Waals surface area contributed by atoms with E-state index < -0.39 is 0 Å². The first-order valence-electron chi connectivity index (χ1n) is 6.38. The smallest absolute Gasteiger partial charge is 0.0426 e. The summed E-state index contributed by atoms with van der Waals surface area (Å²) < 4.78 is 1.16. The fourth-order valence-electron chi connectivity index (χ4n) is 2.49. The van der Waals surface area contributed by atoms with Crippen molar-refractivity contribution in [3.63, 3.8) is 0 Å². The van der Waals surface area contributed by atoms with Gasteiger partial charge >= 0.3 is 0 Å². The summed E-state index contributed by atoms with van der Waals surface area (Å²) in [5, 5.41) is 5.70. The molecule has 1 N–H and O–H groups in total. The molecule has 2 heterocycles. The third kappa shape index (κ3) is 3.65. The minimum absolute atomic E-state index is 0.314. The van der Waals surface area contributed by atoms with Gasteiger partial charge < -0.3 is 5.32 Å². The van der Waals surface area contributed by atoms with Crippen LogP contribution in [0.5, 0.6) is 0 Å². The first kappa shape index (κ1) is 14.7. The molecule has 2 rings (SSSR count). The van der Waals surface area contributed by atoms with Crippen LogP contribution < -0.4 is 5.32 Å². The molecule has 4 heteroatoms. The van der Waals surface area contributed by atoms with Crippen LogP contribution in [0.3, 0.4) is 0 Å². The summed E-state index contributed by atoms with van der Waals surface area (Å²) in [6.07, 6.45) is 0. The van der Waals surface area contributed by atoms with E-state index in [1.807, 2.05) is 6.92 Å². The number of rotatable bonds is 4. The van der Waals surface area contributed by atoms with E-state index in [-0.39, 0.29) is 0 Å². The molecule has 0 bridgehead atoms. The van der Waals surface area contributed by atoms with Gasteiger partial charge in [-0.2, -0.15) is 0 Å². The van der Waals surface area contributed by atoms with Crippen LogP contribution in [0.15, 0.2) is 22.0 Å². The summed E-state index contributed by atoms with van der Waals surface area (Å²) in [6, 6.07) is 4.63. The largest absolute Gasteiger partial charge is 0.305 e. The number of hydrogen-bond donors (Lipinski definition) is 1. The molecule has 0 radical (unpaired) electrons. The molecule has 102 valence electrons. The summed E-state index contributed by atoms with van der Waals surface area (Å²) in [6.45, 7) is 9.40. The fourth-order valence-corrected chi connectivity index (χ4v) is 3.89. The number of aryl methyl sites for hydroxylation is 3. The lowest BCUT2D eigenvalue weighted by molar-refractivity contribution is 0.570. The second kappa shape index (κ2) is 6.16. The molecular formula is C15H19BrN2S. The molecule has 1 unspecified atom stereocenters. The van der Waals surface area contributed by atoms with Crippen LogP contribution in [0.25, 0.3) is 0 Å². The van der Waals surface area contributed by atoms with Crippen LogP contribution in [0.4, 0.5) is 0 Å². The van der Waals surface area contributed by atoms with Gasteiger partial charge in [0.05, 0.1) is 0 Å². The Morgan fingerprint density at radius 3 is 2.63 bits per heavy atom. The number of nitrogens with zero attached hydrogens (tertiary/aromatic N) is 1. The Morgan fingerprint density at radius 2 is 2.05 bits per heavy atom. The Labute approximate surface area is 127 Å². The van der Waals surface area contributed by atoms with Gasteiger partial charge in [0.2, 0.25) is 0 Å². The number of thiophene rings is 1. The van der Waals surface area contributed by atoms with Crippen molar-refractivity contribution in [2.24, 2.45) is 0 Å². The lowest BCUT2D eigenvalue weighted by Gasteiger charge is -2.18. The summed E-state index contributed by atoms with van der Waals surface area (Å²) in [5.41, 5.74) is 4.86. The Morgan fingerprint density at radius 1 is 1.32 bits per heavy atom. The predicted molar refractivity (Wildman–Crippen MR) is 85.7 cm³/mol. The van der Waals surface area contributed by atoms with Crippen molar-refractivity contribution in [1.29, 1.82) is 0 Å². The molecule has 2 aromatic rings. The van der Waals surface area contributed by atoms with Gasteiger partial charge in [-0.15, -0.1) is 11.3 Å². The minimum atomic E-state index is 0.314. The van der Waals surface area contributed by atoms with E-state index in [1.165, 1.54) is 16.0 Å². The Balaban J connectivity index is 2.10. The highest BCUT2D eigenvalue weighted by Crippen LogP contribution is 2.23. The monoisotopic (exact) mass is 338 g/mol. The van der Waals surface area contributed by atoms with Crippen molar-refractivity contribution in [3.05, 3.63) is 49.4 Å². The van der Waals surface area contributed by atoms with Crippen molar-refractivity contribution in [1.82, 2.24) is 10.3 Å². The molecular weight excluding hydrogens is 320 g/mol. The van der Waals surface area contributed by atoms with Crippen LogP contribution in [-0.4, -0.2) is 4.98 Å². The Kier molecular flexibility index (Phi) is 4.76. The topological polar surface area (TPSA) is 24.9 Å². The number of nitrogens with one attached hydrogen (secondary N) is 1. The molecule has 2 aromatic heterocycles. The maximum absolute atomic E-state index is 4.57. The Bertz CT molecular complexity index is 554. The fraction of sp³-hybridized carbons (Fsp3) is 0.400. The van der Waals surface area contributed by atoms with E-state index in [2.05, 4.69) is 64.5 Å². The van der Waals surface area contributed by atoms with Gasteiger partial charge in [0.15, 0.2) is 0 Å². The standard InChI is InChI=1S/C15H19BrN2S/c1-9-5-10(2)18-12(4)15(9)11(3)17-7-14-6-13(16)8-19-14/h5-6,8,11,17H,7H2,1-4H3. The summed E-state index contributed by atoms with van der Waals surface area (Å²) in [7, 11) is 0. The number of hydrogen-bond acceptors (Lipinski definition) is 3. The third-order valence-electron chi connectivity index (χ3n) is 3.22. The molecule has 0 aliphatic heterocycles. The predicted octanol–water partition coefficient (Wildman–Crippen LogP) is 4.68. The van der Waals surface area contributed by atoms with E-state index in [0.717, 1.165) is 22.4 Å². The van der Waals surface area contributed by atoms with Crippen LogP contribution in [0, 0.1) is 20.8 Å².